The van der Waals surface area contributed by atoms with Gasteiger partial charge in [0.1, 0.15) is 5.75 Å². The lowest BCUT2D eigenvalue weighted by atomic mass is 10.0. The summed E-state index contributed by atoms with van der Waals surface area (Å²) in [4.78, 5) is 12.5. The van der Waals surface area contributed by atoms with Crippen LogP contribution in [0.2, 0.25) is 0 Å². The van der Waals surface area contributed by atoms with Gasteiger partial charge in [0.15, 0.2) is 0 Å². The molecular formula is C23H33N3O4S. The summed E-state index contributed by atoms with van der Waals surface area (Å²) >= 11 is 0. The van der Waals surface area contributed by atoms with Gasteiger partial charge in [0, 0.05) is 11.7 Å². The van der Waals surface area contributed by atoms with Crippen LogP contribution < -0.4 is 20.5 Å². The molecule has 0 saturated carbocycles. The molecule has 0 heterocycles. The quantitative estimate of drug-likeness (QED) is 0.463. The average Bonchev–Trinajstić information content (AvgIpc) is 2.72. The van der Waals surface area contributed by atoms with E-state index >= 15 is 0 Å². The summed E-state index contributed by atoms with van der Waals surface area (Å²) in [7, 11) is -2.15. The van der Waals surface area contributed by atoms with Gasteiger partial charge in [-0.05, 0) is 55.0 Å². The van der Waals surface area contributed by atoms with Crippen molar-refractivity contribution in [2.24, 2.45) is 11.7 Å². The topological polar surface area (TPSA) is 111 Å². The summed E-state index contributed by atoms with van der Waals surface area (Å²) in [6.45, 7) is 3.98. The van der Waals surface area contributed by atoms with Gasteiger partial charge in [-0.3, -0.25) is 9.52 Å². The van der Waals surface area contributed by atoms with Crippen molar-refractivity contribution in [1.29, 1.82) is 0 Å². The van der Waals surface area contributed by atoms with E-state index in [0.29, 0.717) is 30.7 Å². The first-order chi connectivity index (χ1) is 14.7. The number of sulfonamides is 1. The van der Waals surface area contributed by atoms with E-state index in [1.165, 1.54) is 0 Å². The Labute approximate surface area is 185 Å². The molecule has 2 unspecified atom stereocenters. The van der Waals surface area contributed by atoms with Crippen LogP contribution in [0.1, 0.15) is 32.3 Å². The highest BCUT2D eigenvalue weighted by molar-refractivity contribution is 7.92. The summed E-state index contributed by atoms with van der Waals surface area (Å²) in [5, 5.41) is 2.85. The molecule has 31 heavy (non-hydrogen) atoms. The van der Waals surface area contributed by atoms with Crippen LogP contribution in [-0.4, -0.2) is 39.3 Å². The fourth-order valence-corrected chi connectivity index (χ4v) is 4.61. The van der Waals surface area contributed by atoms with Crippen LogP contribution in [0.25, 0.3) is 0 Å². The van der Waals surface area contributed by atoms with Gasteiger partial charge in [-0.25, -0.2) is 8.42 Å². The smallest absolute Gasteiger partial charge is 0.237 e. The zero-order chi connectivity index (χ0) is 22.9. The van der Waals surface area contributed by atoms with E-state index in [2.05, 4.69) is 10.0 Å². The third-order valence-corrected chi connectivity index (χ3v) is 6.20. The molecule has 2 atom stereocenters. The van der Waals surface area contributed by atoms with E-state index in [1.54, 1.807) is 31.4 Å². The lowest BCUT2D eigenvalue weighted by Gasteiger charge is -2.22. The predicted molar refractivity (Wildman–Crippen MR) is 125 cm³/mol. The number of hydrogen-bond donors (Lipinski definition) is 3. The molecule has 170 valence electrons. The Kier molecular flexibility index (Phi) is 9.33. The maximum Gasteiger partial charge on any atom is 0.237 e. The van der Waals surface area contributed by atoms with Crippen molar-refractivity contribution < 1.29 is 17.9 Å². The molecule has 2 aromatic rings. The minimum Gasteiger partial charge on any atom is -0.497 e. The van der Waals surface area contributed by atoms with Gasteiger partial charge in [-0.2, -0.15) is 0 Å². The van der Waals surface area contributed by atoms with E-state index < -0.39 is 22.1 Å². The summed E-state index contributed by atoms with van der Waals surface area (Å²) in [5.41, 5.74) is 7.51. The van der Waals surface area contributed by atoms with Crippen LogP contribution in [0.3, 0.4) is 0 Å². The molecule has 0 aliphatic carbocycles. The normalized spacial score (nSPS) is 13.5. The van der Waals surface area contributed by atoms with Crippen molar-refractivity contribution >= 4 is 21.6 Å². The zero-order valence-electron chi connectivity index (χ0n) is 18.4. The fraction of sp³-hybridized carbons (Fsp3) is 0.435. The minimum atomic E-state index is -3.70. The average molecular weight is 448 g/mol. The molecule has 2 rings (SSSR count). The van der Waals surface area contributed by atoms with Crippen LogP contribution in [0.5, 0.6) is 5.75 Å². The number of ether oxygens (including phenoxy) is 1. The molecule has 2 aromatic carbocycles. The number of amides is 1. The second-order valence-electron chi connectivity index (χ2n) is 8.08. The van der Waals surface area contributed by atoms with Crippen molar-refractivity contribution in [3.63, 3.8) is 0 Å². The van der Waals surface area contributed by atoms with Crippen LogP contribution in [0.15, 0.2) is 54.6 Å². The Hall–Kier alpha value is -2.58. The number of methoxy groups -OCH3 is 1. The molecule has 4 N–H and O–H groups in total. The van der Waals surface area contributed by atoms with Gasteiger partial charge in [0.05, 0.1) is 18.9 Å². The highest BCUT2D eigenvalue weighted by atomic mass is 32.2. The number of benzene rings is 2. The minimum absolute atomic E-state index is 0.244. The van der Waals surface area contributed by atoms with E-state index in [1.807, 2.05) is 44.2 Å². The molecule has 1 amide bonds. The van der Waals surface area contributed by atoms with Crippen LogP contribution in [0.4, 0.5) is 5.69 Å². The third-order valence-electron chi connectivity index (χ3n) is 4.82. The summed E-state index contributed by atoms with van der Waals surface area (Å²) in [5.74, 6) is 0.330. The Morgan fingerprint density at radius 2 is 1.71 bits per heavy atom. The monoisotopic (exact) mass is 447 g/mol. The van der Waals surface area contributed by atoms with Gasteiger partial charge in [-0.1, -0.05) is 44.2 Å². The predicted octanol–water partition coefficient (Wildman–Crippen LogP) is 2.93. The largest absolute Gasteiger partial charge is 0.497 e. The maximum absolute atomic E-state index is 12.8. The first-order valence-electron chi connectivity index (χ1n) is 10.4. The third kappa shape index (κ3) is 8.98. The van der Waals surface area contributed by atoms with E-state index in [9.17, 15) is 13.2 Å². The molecule has 0 aromatic heterocycles. The SMILES string of the molecule is COc1ccc(NS(=O)(=O)CC(CCc2ccccc2)NC(=O)C(N)CC(C)C)cc1. The number of nitrogens with one attached hydrogen (secondary N) is 2. The second kappa shape index (κ2) is 11.7. The van der Waals surface area contributed by atoms with E-state index in [4.69, 9.17) is 10.5 Å². The molecule has 7 nitrogen and oxygen atoms in total. The molecule has 0 fully saturated rings. The standard InChI is InChI=1S/C23H33N3O4S/c1-17(2)15-22(24)23(27)25-20(10-9-18-7-5-4-6-8-18)16-31(28,29)26-19-11-13-21(30-3)14-12-19/h4-8,11-14,17,20,22,26H,9-10,15-16,24H2,1-3H3,(H,25,27). The zero-order valence-corrected chi connectivity index (χ0v) is 19.2. The van der Waals surface area contributed by atoms with E-state index in [0.717, 1.165) is 5.56 Å². The molecule has 0 aliphatic rings. The number of hydrogen-bond acceptors (Lipinski definition) is 5. The fourth-order valence-electron chi connectivity index (χ4n) is 3.25. The Bertz CT molecular complexity index is 916. The van der Waals surface area contributed by atoms with Crippen LogP contribution in [0, 0.1) is 5.92 Å². The lowest BCUT2D eigenvalue weighted by Crippen LogP contribution is -2.48. The molecule has 0 spiro atoms. The Balaban J connectivity index is 2.08. The van der Waals surface area contributed by atoms with E-state index in [-0.39, 0.29) is 17.6 Å². The van der Waals surface area contributed by atoms with Crippen molar-refractivity contribution in [3.8, 4) is 5.75 Å². The van der Waals surface area contributed by atoms with Crippen LogP contribution in [-0.2, 0) is 21.2 Å². The number of anilines is 1. The Morgan fingerprint density at radius 1 is 1.06 bits per heavy atom. The number of nitrogens with two attached hydrogens (primary N) is 1. The van der Waals surface area contributed by atoms with Gasteiger partial charge in [-0.15, -0.1) is 0 Å². The van der Waals surface area contributed by atoms with Gasteiger partial charge < -0.3 is 15.8 Å². The number of aryl methyl sites for hydroxylation is 1. The lowest BCUT2D eigenvalue weighted by molar-refractivity contribution is -0.123. The molecule has 0 radical (unpaired) electrons. The molecule has 0 aliphatic heterocycles. The van der Waals surface area contributed by atoms with Crippen molar-refractivity contribution in [3.05, 3.63) is 60.2 Å². The van der Waals surface area contributed by atoms with Crippen molar-refractivity contribution in [1.82, 2.24) is 5.32 Å². The molecule has 0 saturated heterocycles. The van der Waals surface area contributed by atoms with Crippen LogP contribution >= 0.6 is 0 Å². The molecule has 0 bridgehead atoms. The van der Waals surface area contributed by atoms with Gasteiger partial charge in [0.25, 0.3) is 0 Å². The maximum atomic E-state index is 12.8. The highest BCUT2D eigenvalue weighted by Crippen LogP contribution is 2.17. The Morgan fingerprint density at radius 3 is 2.29 bits per heavy atom. The summed E-state index contributed by atoms with van der Waals surface area (Å²) in [6, 6.07) is 15.1. The van der Waals surface area contributed by atoms with Gasteiger partial charge in [0.2, 0.25) is 15.9 Å². The first-order valence-corrected chi connectivity index (χ1v) is 12.1. The summed E-state index contributed by atoms with van der Waals surface area (Å²) in [6.07, 6.45) is 1.66. The van der Waals surface area contributed by atoms with Crippen molar-refractivity contribution in [2.45, 2.75) is 45.2 Å². The van der Waals surface area contributed by atoms with Gasteiger partial charge >= 0.3 is 0 Å². The first kappa shape index (κ1) is 24.7. The number of carbonyl (C=O) groups is 1. The van der Waals surface area contributed by atoms with Crippen molar-refractivity contribution in [2.75, 3.05) is 17.6 Å². The number of carbonyl (C=O) groups excluding carboxylic acids is 1. The second-order valence-corrected chi connectivity index (χ2v) is 9.84. The highest BCUT2D eigenvalue weighted by Gasteiger charge is 2.24. The molecule has 8 heteroatoms. The molecular weight excluding hydrogens is 414 g/mol. The summed E-state index contributed by atoms with van der Waals surface area (Å²) < 4.78 is 33.2. The number of rotatable bonds is 12.